The lowest BCUT2D eigenvalue weighted by Crippen LogP contribution is -2.48. The molecule has 0 radical (unpaired) electrons. The van der Waals surface area contributed by atoms with Crippen LogP contribution in [0.3, 0.4) is 0 Å². The molecule has 0 saturated carbocycles. The highest BCUT2D eigenvalue weighted by atomic mass is 16.6. The number of rotatable bonds is 13. The second kappa shape index (κ2) is 14.0. The Bertz CT molecular complexity index is 1100. The van der Waals surface area contributed by atoms with Crippen molar-refractivity contribution >= 4 is 30.6 Å². The third-order valence-electron chi connectivity index (χ3n) is 6.26. The van der Waals surface area contributed by atoms with Crippen molar-refractivity contribution < 1.29 is 28.5 Å². The van der Waals surface area contributed by atoms with Crippen molar-refractivity contribution in [3.8, 4) is 0 Å². The minimum absolute atomic E-state index is 0.000530. The van der Waals surface area contributed by atoms with Gasteiger partial charge in [-0.15, -0.1) is 0 Å². The molecular weight excluding hydrogens is 485 g/mol. The fourth-order valence-electron chi connectivity index (χ4n) is 4.54. The van der Waals surface area contributed by atoms with E-state index in [2.05, 4.69) is 15.3 Å². The predicted molar refractivity (Wildman–Crippen MR) is 142 cm³/mol. The third kappa shape index (κ3) is 8.87. The maximum absolute atomic E-state index is 13.7. The zero-order valence-electron chi connectivity index (χ0n) is 22.5. The van der Waals surface area contributed by atoms with Crippen LogP contribution < -0.4 is 5.32 Å². The summed E-state index contributed by atoms with van der Waals surface area (Å²) in [5.74, 6) is -1.57. The monoisotopic (exact) mass is 521 g/mol. The van der Waals surface area contributed by atoms with Gasteiger partial charge >= 0.3 is 7.12 Å². The molecule has 1 amide bonds. The Kier molecular flexibility index (Phi) is 10.7. The van der Waals surface area contributed by atoms with Gasteiger partial charge in [0.25, 0.3) is 11.9 Å². The molecule has 1 aromatic carbocycles. The molecule has 10 heteroatoms. The topological polar surface area (TPSA) is 125 Å². The summed E-state index contributed by atoms with van der Waals surface area (Å²) in [6.07, 6.45) is 4.31. The summed E-state index contributed by atoms with van der Waals surface area (Å²) in [4.78, 5) is 59.6. The summed E-state index contributed by atoms with van der Waals surface area (Å²) in [5.41, 5.74) is 0.985. The van der Waals surface area contributed by atoms with E-state index in [9.17, 15) is 19.2 Å². The first-order chi connectivity index (χ1) is 18.1. The first-order valence-corrected chi connectivity index (χ1v) is 13.1. The minimum atomic E-state index is -1.02. The van der Waals surface area contributed by atoms with Gasteiger partial charge in [-0.1, -0.05) is 58.0 Å². The molecular formula is C28H36BN3O6. The average molecular weight is 521 g/mol. The number of ketones is 2. The highest BCUT2D eigenvalue weighted by molar-refractivity contribution is 6.50. The number of amides is 1. The van der Waals surface area contributed by atoms with Gasteiger partial charge in [0.15, 0.2) is 11.6 Å². The number of carbonyl (C=O) groups is 4. The van der Waals surface area contributed by atoms with Gasteiger partial charge in [-0.2, -0.15) is 0 Å². The maximum Gasteiger partial charge on any atom is 0.531 e. The van der Waals surface area contributed by atoms with Gasteiger partial charge in [-0.05, 0) is 30.2 Å². The van der Waals surface area contributed by atoms with Crippen LogP contribution in [0.1, 0.15) is 69.4 Å². The van der Waals surface area contributed by atoms with E-state index in [0.717, 1.165) is 5.56 Å². The summed E-state index contributed by atoms with van der Waals surface area (Å²) in [6.45, 7) is 7.86. The Morgan fingerprint density at radius 2 is 1.79 bits per heavy atom. The van der Waals surface area contributed by atoms with Crippen molar-refractivity contribution in [1.29, 1.82) is 0 Å². The third-order valence-corrected chi connectivity index (χ3v) is 6.26. The Hall–Kier alpha value is -3.40. The van der Waals surface area contributed by atoms with Gasteiger partial charge < -0.3 is 14.6 Å². The Balaban J connectivity index is 1.80. The minimum Gasteiger partial charge on any atom is -0.509 e. The molecule has 2 heterocycles. The molecule has 38 heavy (non-hydrogen) atoms. The van der Waals surface area contributed by atoms with Crippen LogP contribution in [0.15, 0.2) is 48.9 Å². The van der Waals surface area contributed by atoms with Crippen molar-refractivity contribution in [1.82, 2.24) is 15.3 Å². The first kappa shape index (κ1) is 29.2. The van der Waals surface area contributed by atoms with Gasteiger partial charge in [-0.25, -0.2) is 4.98 Å². The lowest BCUT2D eigenvalue weighted by atomic mass is 9.64. The van der Waals surface area contributed by atoms with Crippen molar-refractivity contribution in [2.45, 2.75) is 77.8 Å². The van der Waals surface area contributed by atoms with Crippen LogP contribution in [0.2, 0.25) is 5.82 Å². The number of nitrogens with one attached hydrogen (secondary N) is 1. The fourth-order valence-corrected chi connectivity index (χ4v) is 4.54. The van der Waals surface area contributed by atoms with Crippen LogP contribution in [-0.4, -0.2) is 52.7 Å². The normalized spacial score (nSPS) is 17.2. The van der Waals surface area contributed by atoms with E-state index < -0.39 is 37.0 Å². The molecule has 2 aromatic rings. The lowest BCUT2D eigenvalue weighted by Gasteiger charge is -2.32. The predicted octanol–water partition coefficient (Wildman–Crippen LogP) is 3.63. The number of carbonyl (C=O) groups excluding carboxylic acids is 4. The molecule has 202 valence electrons. The molecule has 1 saturated heterocycles. The quantitative estimate of drug-likeness (QED) is 0.397. The van der Waals surface area contributed by atoms with Gasteiger partial charge in [0.1, 0.15) is 11.8 Å². The molecule has 0 spiro atoms. The summed E-state index contributed by atoms with van der Waals surface area (Å²) >= 11 is 0. The molecule has 1 aliphatic rings. The van der Waals surface area contributed by atoms with Gasteiger partial charge in [-0.3, -0.25) is 24.2 Å². The zero-order valence-corrected chi connectivity index (χ0v) is 22.5. The van der Waals surface area contributed by atoms with Crippen LogP contribution in [0, 0.1) is 11.8 Å². The van der Waals surface area contributed by atoms with Crippen molar-refractivity contribution in [3.05, 3.63) is 60.2 Å². The number of benzene rings is 1. The molecule has 1 N–H and O–H groups in total. The van der Waals surface area contributed by atoms with E-state index in [-0.39, 0.29) is 48.4 Å². The molecule has 1 aromatic heterocycles. The Labute approximate surface area is 224 Å². The highest BCUT2D eigenvalue weighted by Crippen LogP contribution is 2.31. The summed E-state index contributed by atoms with van der Waals surface area (Å²) in [7, 11) is -1.02. The maximum atomic E-state index is 13.7. The first-order valence-electron chi connectivity index (χ1n) is 13.1. The number of aromatic nitrogens is 2. The number of hydrogen-bond donors (Lipinski definition) is 1. The molecule has 9 nitrogen and oxygen atoms in total. The number of nitrogens with zero attached hydrogens (tertiary/aromatic N) is 2. The van der Waals surface area contributed by atoms with Crippen molar-refractivity contribution in [2.75, 3.05) is 0 Å². The number of Topliss-reactive ketones (excluding diaryl/α,β-unsaturated/α-hetero) is 2. The average Bonchev–Trinajstić information content (AvgIpc) is 2.88. The summed E-state index contributed by atoms with van der Waals surface area (Å²) in [6, 6.07) is 8.54. The molecule has 0 bridgehead atoms. The molecule has 3 atom stereocenters. The summed E-state index contributed by atoms with van der Waals surface area (Å²) in [5, 5.41) is 2.81. The Morgan fingerprint density at radius 3 is 2.42 bits per heavy atom. The van der Waals surface area contributed by atoms with Crippen molar-refractivity contribution in [3.63, 3.8) is 0 Å². The fraction of sp³-hybridized carbons (Fsp3) is 0.500. The molecule has 0 unspecified atom stereocenters. The molecule has 3 rings (SSSR count). The van der Waals surface area contributed by atoms with Gasteiger partial charge in [0, 0.05) is 31.1 Å². The van der Waals surface area contributed by atoms with E-state index in [4.69, 9.17) is 9.31 Å². The van der Waals surface area contributed by atoms with Crippen molar-refractivity contribution in [2.24, 2.45) is 11.8 Å². The summed E-state index contributed by atoms with van der Waals surface area (Å²) < 4.78 is 11.5. The molecule has 1 aliphatic heterocycles. The number of hydrogen-bond acceptors (Lipinski definition) is 8. The molecule has 0 aliphatic carbocycles. The second-order valence-corrected chi connectivity index (χ2v) is 10.6. The SMILES string of the molecule is CC(C)CC(=O)[C@H]1CC(=O)OB([C@@H](CC(=O)[C@H](Cc2ccccc2)NC(=O)c2cnccn2)CC(C)C)O1. The smallest absolute Gasteiger partial charge is 0.509 e. The van der Waals surface area contributed by atoms with E-state index >= 15 is 0 Å². The van der Waals surface area contributed by atoms with Gasteiger partial charge in [0.05, 0.1) is 18.7 Å². The van der Waals surface area contributed by atoms with Crippen LogP contribution in [-0.2, 0) is 30.1 Å². The standard InChI is InChI=1S/C28H36BN3O6/c1-18(2)12-21(29-37-26(16-27(35)38-29)25(34)13-19(3)4)15-24(33)22(14-20-8-6-5-7-9-20)32-28(36)23-17-30-10-11-31-23/h5-11,17-19,21-22,26H,12-16H2,1-4H3,(H,32,36)/t21-,22+,26-/m1/s1. The second-order valence-electron chi connectivity index (χ2n) is 10.6. The lowest BCUT2D eigenvalue weighted by molar-refractivity contribution is -0.148. The Morgan fingerprint density at radius 1 is 1.05 bits per heavy atom. The van der Waals surface area contributed by atoms with E-state index in [1.54, 1.807) is 0 Å². The van der Waals surface area contributed by atoms with E-state index in [1.165, 1.54) is 18.6 Å². The van der Waals surface area contributed by atoms with Crippen LogP contribution in [0.5, 0.6) is 0 Å². The highest BCUT2D eigenvalue weighted by Gasteiger charge is 2.44. The molecule has 1 fully saturated rings. The zero-order chi connectivity index (χ0) is 27.7. The van der Waals surface area contributed by atoms with Crippen LogP contribution in [0.25, 0.3) is 0 Å². The van der Waals surface area contributed by atoms with Crippen LogP contribution in [0.4, 0.5) is 0 Å². The van der Waals surface area contributed by atoms with Crippen LogP contribution >= 0.6 is 0 Å². The van der Waals surface area contributed by atoms with Gasteiger partial charge in [0.2, 0.25) is 0 Å². The van der Waals surface area contributed by atoms with E-state index in [1.807, 2.05) is 58.0 Å². The largest absolute Gasteiger partial charge is 0.531 e. The van der Waals surface area contributed by atoms with E-state index in [0.29, 0.717) is 12.8 Å².